The molecule has 2 aliphatic rings. The molecule has 0 radical (unpaired) electrons. The number of nitrogens with zero attached hydrogens (tertiary/aromatic N) is 3. The maximum Gasteiger partial charge on any atom is 0.224 e. The minimum Gasteiger partial charge on any atom is -0.356 e. The van der Waals surface area contributed by atoms with Crippen LogP contribution in [0.1, 0.15) is 93.4 Å². The predicted molar refractivity (Wildman–Crippen MR) is 118 cm³/mol. The van der Waals surface area contributed by atoms with Crippen molar-refractivity contribution in [3.8, 4) is 0 Å². The van der Waals surface area contributed by atoms with Crippen molar-refractivity contribution in [3.05, 3.63) is 22.8 Å². The van der Waals surface area contributed by atoms with Gasteiger partial charge in [0.1, 0.15) is 5.82 Å². The lowest BCUT2D eigenvalue weighted by molar-refractivity contribution is -0.133. The lowest BCUT2D eigenvalue weighted by Crippen LogP contribution is -2.40. The molecule has 6 nitrogen and oxygen atoms in total. The summed E-state index contributed by atoms with van der Waals surface area (Å²) >= 11 is 0. The monoisotopic (exact) mass is 414 g/mol. The van der Waals surface area contributed by atoms with Crippen LogP contribution in [0, 0.1) is 19.8 Å². The number of amides is 2. The zero-order valence-corrected chi connectivity index (χ0v) is 19.0. The van der Waals surface area contributed by atoms with E-state index >= 15 is 0 Å². The van der Waals surface area contributed by atoms with Crippen molar-refractivity contribution in [3.63, 3.8) is 0 Å². The highest BCUT2D eigenvalue weighted by Crippen LogP contribution is 2.30. The number of likely N-dealkylation sites (tertiary alicyclic amines) is 1. The molecule has 1 atom stereocenters. The number of hydrogen-bond acceptors (Lipinski definition) is 4. The van der Waals surface area contributed by atoms with Crippen molar-refractivity contribution < 1.29 is 9.59 Å². The third-order valence-corrected chi connectivity index (χ3v) is 6.67. The van der Waals surface area contributed by atoms with Gasteiger partial charge in [0.15, 0.2) is 0 Å². The molecule has 2 amide bonds. The minimum absolute atomic E-state index is 0.0246. The Kier molecular flexibility index (Phi) is 8.23. The molecule has 1 N–H and O–H groups in total. The highest BCUT2D eigenvalue weighted by atomic mass is 16.2. The summed E-state index contributed by atoms with van der Waals surface area (Å²) in [5.74, 6) is 1.93. The van der Waals surface area contributed by atoms with Gasteiger partial charge in [-0.1, -0.05) is 26.2 Å². The summed E-state index contributed by atoms with van der Waals surface area (Å²) in [6.07, 6.45) is 10.3. The average molecular weight is 415 g/mol. The molecule has 1 saturated heterocycles. The highest BCUT2D eigenvalue weighted by molar-refractivity contribution is 5.79. The number of hydrogen-bond donors (Lipinski definition) is 1. The van der Waals surface area contributed by atoms with Gasteiger partial charge in [-0.25, -0.2) is 9.97 Å². The van der Waals surface area contributed by atoms with Crippen molar-refractivity contribution in [1.29, 1.82) is 0 Å². The van der Waals surface area contributed by atoms with Crippen LogP contribution in [0.5, 0.6) is 0 Å². The Morgan fingerprint density at radius 2 is 1.73 bits per heavy atom. The second-order valence-electron chi connectivity index (χ2n) is 9.14. The van der Waals surface area contributed by atoms with Gasteiger partial charge < -0.3 is 10.2 Å². The van der Waals surface area contributed by atoms with Gasteiger partial charge in [-0.05, 0) is 51.9 Å². The number of nitrogens with one attached hydrogen (secondary N) is 1. The fourth-order valence-corrected chi connectivity index (χ4v) is 4.87. The summed E-state index contributed by atoms with van der Waals surface area (Å²) in [6.45, 7) is 8.26. The van der Waals surface area contributed by atoms with Crippen LogP contribution in [0.15, 0.2) is 0 Å². The molecule has 3 rings (SSSR count). The van der Waals surface area contributed by atoms with Crippen molar-refractivity contribution in [2.75, 3.05) is 19.6 Å². The maximum absolute atomic E-state index is 12.9. The number of carbonyl (C=O) groups is 2. The third-order valence-electron chi connectivity index (χ3n) is 6.67. The first-order valence-electron chi connectivity index (χ1n) is 11.9. The average Bonchev–Trinajstić information content (AvgIpc) is 2.75. The first-order chi connectivity index (χ1) is 14.5. The Morgan fingerprint density at radius 3 is 2.40 bits per heavy atom. The maximum atomic E-state index is 12.9. The standard InChI is InChI=1S/C24H38N4O2/c1-4-12-25-22(29)15-21-17(2)26-24(27-18(21)3)20-11-8-13-28(16-20)23(30)14-19-9-6-5-7-10-19/h19-20H,4-16H2,1-3H3,(H,25,29)/t20-/m0/s1. The molecule has 0 aromatic carbocycles. The molecule has 0 bridgehead atoms. The van der Waals surface area contributed by atoms with Gasteiger partial charge in [0.05, 0.1) is 6.42 Å². The Bertz CT molecular complexity index is 720. The molecule has 1 aliphatic heterocycles. The Balaban J connectivity index is 1.63. The van der Waals surface area contributed by atoms with Gasteiger partial charge in [0.25, 0.3) is 0 Å². The molecular formula is C24H38N4O2. The van der Waals surface area contributed by atoms with Gasteiger partial charge >= 0.3 is 0 Å². The van der Waals surface area contributed by atoms with Gasteiger partial charge in [-0.15, -0.1) is 0 Å². The largest absolute Gasteiger partial charge is 0.356 e. The smallest absolute Gasteiger partial charge is 0.224 e. The number of rotatable bonds is 7. The Morgan fingerprint density at radius 1 is 1.03 bits per heavy atom. The van der Waals surface area contributed by atoms with Crippen LogP contribution >= 0.6 is 0 Å². The van der Waals surface area contributed by atoms with Crippen LogP contribution in [0.3, 0.4) is 0 Å². The minimum atomic E-state index is 0.0246. The van der Waals surface area contributed by atoms with Gasteiger partial charge in [-0.3, -0.25) is 9.59 Å². The van der Waals surface area contributed by atoms with E-state index in [0.717, 1.165) is 55.1 Å². The predicted octanol–water partition coefficient (Wildman–Crippen LogP) is 3.84. The Hall–Kier alpha value is -1.98. The first-order valence-corrected chi connectivity index (χ1v) is 11.9. The molecule has 1 aromatic rings. The topological polar surface area (TPSA) is 75.2 Å². The van der Waals surface area contributed by atoms with Crippen molar-refractivity contribution in [2.45, 2.75) is 90.9 Å². The number of aryl methyl sites for hydroxylation is 2. The molecule has 1 saturated carbocycles. The molecular weight excluding hydrogens is 376 g/mol. The van der Waals surface area contributed by atoms with Crippen LogP contribution in [0.2, 0.25) is 0 Å². The van der Waals surface area contributed by atoms with Crippen LogP contribution in [0.25, 0.3) is 0 Å². The van der Waals surface area contributed by atoms with E-state index < -0.39 is 0 Å². The second-order valence-corrected chi connectivity index (χ2v) is 9.14. The molecule has 2 fully saturated rings. The van der Waals surface area contributed by atoms with Crippen molar-refractivity contribution >= 4 is 11.8 Å². The molecule has 1 aromatic heterocycles. The van der Waals surface area contributed by atoms with E-state index in [4.69, 9.17) is 9.97 Å². The van der Waals surface area contributed by atoms with E-state index in [9.17, 15) is 9.59 Å². The normalized spacial score (nSPS) is 20.2. The Labute approximate surface area is 181 Å². The molecule has 30 heavy (non-hydrogen) atoms. The second kappa shape index (κ2) is 10.9. The van der Waals surface area contributed by atoms with E-state index in [1.54, 1.807) is 0 Å². The quantitative estimate of drug-likeness (QED) is 0.736. The van der Waals surface area contributed by atoms with Crippen LogP contribution in [-0.4, -0.2) is 46.3 Å². The van der Waals surface area contributed by atoms with Gasteiger partial charge in [0.2, 0.25) is 11.8 Å². The van der Waals surface area contributed by atoms with E-state index in [1.807, 2.05) is 25.7 Å². The van der Waals surface area contributed by atoms with E-state index in [1.165, 1.54) is 32.1 Å². The molecule has 6 heteroatoms. The highest BCUT2D eigenvalue weighted by Gasteiger charge is 2.29. The van der Waals surface area contributed by atoms with E-state index in [0.29, 0.717) is 31.2 Å². The zero-order valence-electron chi connectivity index (χ0n) is 19.0. The third kappa shape index (κ3) is 6.02. The lowest BCUT2D eigenvalue weighted by atomic mass is 9.86. The zero-order chi connectivity index (χ0) is 21.5. The molecule has 0 spiro atoms. The molecule has 2 heterocycles. The first kappa shape index (κ1) is 22.7. The number of aromatic nitrogens is 2. The van der Waals surface area contributed by atoms with Crippen molar-refractivity contribution in [2.24, 2.45) is 5.92 Å². The summed E-state index contributed by atoms with van der Waals surface area (Å²) in [6, 6.07) is 0. The fourth-order valence-electron chi connectivity index (χ4n) is 4.87. The molecule has 1 aliphatic carbocycles. The van der Waals surface area contributed by atoms with Gasteiger partial charge in [-0.2, -0.15) is 0 Å². The van der Waals surface area contributed by atoms with Crippen LogP contribution in [0.4, 0.5) is 0 Å². The number of carbonyl (C=O) groups excluding carboxylic acids is 2. The fraction of sp³-hybridized carbons (Fsp3) is 0.750. The van der Waals surface area contributed by atoms with Crippen LogP contribution in [-0.2, 0) is 16.0 Å². The molecule has 0 unspecified atom stereocenters. The van der Waals surface area contributed by atoms with E-state index in [-0.39, 0.29) is 11.8 Å². The summed E-state index contributed by atoms with van der Waals surface area (Å²) < 4.78 is 0. The number of piperidine rings is 1. The summed E-state index contributed by atoms with van der Waals surface area (Å²) in [7, 11) is 0. The summed E-state index contributed by atoms with van der Waals surface area (Å²) in [5, 5.41) is 2.93. The summed E-state index contributed by atoms with van der Waals surface area (Å²) in [5.41, 5.74) is 2.69. The molecule has 166 valence electrons. The summed E-state index contributed by atoms with van der Waals surface area (Å²) in [4.78, 5) is 36.6. The van der Waals surface area contributed by atoms with Gasteiger partial charge in [0, 0.05) is 48.9 Å². The van der Waals surface area contributed by atoms with Crippen LogP contribution < -0.4 is 5.32 Å². The SMILES string of the molecule is CCCNC(=O)Cc1c(C)nc([C@H]2CCCN(C(=O)CC3CCCCC3)C2)nc1C. The van der Waals surface area contributed by atoms with Crippen molar-refractivity contribution in [1.82, 2.24) is 20.2 Å². The van der Waals surface area contributed by atoms with E-state index in [2.05, 4.69) is 5.32 Å². The lowest BCUT2D eigenvalue weighted by Gasteiger charge is -2.34.